The van der Waals surface area contributed by atoms with Gasteiger partial charge in [-0.3, -0.25) is 4.79 Å². The first-order valence-corrected chi connectivity index (χ1v) is 7.22. The quantitative estimate of drug-likeness (QED) is 0.840. The van der Waals surface area contributed by atoms with Gasteiger partial charge in [-0.05, 0) is 24.0 Å². The van der Waals surface area contributed by atoms with Crippen molar-refractivity contribution < 1.29 is 14.3 Å². The molecule has 1 aromatic rings. The summed E-state index contributed by atoms with van der Waals surface area (Å²) in [6.07, 6.45) is 1.75. The maximum absolute atomic E-state index is 11.5. The summed E-state index contributed by atoms with van der Waals surface area (Å²) in [4.78, 5) is 11.5. The van der Waals surface area contributed by atoms with E-state index in [1.807, 2.05) is 18.2 Å². The van der Waals surface area contributed by atoms with Gasteiger partial charge in [0.2, 0.25) is 0 Å². The van der Waals surface area contributed by atoms with Crippen LogP contribution in [0.5, 0.6) is 5.75 Å². The lowest BCUT2D eigenvalue weighted by molar-refractivity contribution is -0.142. The monoisotopic (exact) mass is 277 g/mol. The molecule has 1 N–H and O–H groups in total. The van der Waals surface area contributed by atoms with Crippen LogP contribution in [0.2, 0.25) is 0 Å². The summed E-state index contributed by atoms with van der Waals surface area (Å²) in [6.45, 7) is 5.05. The highest BCUT2D eigenvalue weighted by Gasteiger charge is 2.31. The lowest BCUT2D eigenvalue weighted by atomic mass is 9.98. The molecule has 1 saturated heterocycles. The Labute approximate surface area is 120 Å². The van der Waals surface area contributed by atoms with E-state index in [0.29, 0.717) is 18.9 Å². The molecule has 3 atom stereocenters. The number of nitrogens with one attached hydrogen (secondary N) is 1. The Morgan fingerprint density at radius 3 is 2.90 bits per heavy atom. The molecule has 0 saturated carbocycles. The second-order valence-corrected chi connectivity index (χ2v) is 5.31. The van der Waals surface area contributed by atoms with E-state index in [0.717, 1.165) is 12.2 Å². The first-order chi connectivity index (χ1) is 9.65. The molecule has 0 unspecified atom stereocenters. The number of hydrogen-bond donors (Lipinski definition) is 1. The molecule has 0 aliphatic carbocycles. The molecule has 110 valence electrons. The fourth-order valence-corrected chi connectivity index (χ4v) is 2.51. The molecule has 0 spiro atoms. The highest BCUT2D eigenvalue weighted by molar-refractivity contribution is 5.76. The molecule has 1 fully saturated rings. The Balaban J connectivity index is 2.03. The number of methoxy groups -OCH3 is 1. The third-order valence-electron chi connectivity index (χ3n) is 3.93. The van der Waals surface area contributed by atoms with Gasteiger partial charge in [0.15, 0.2) is 0 Å². The van der Waals surface area contributed by atoms with Crippen molar-refractivity contribution in [3.8, 4) is 5.75 Å². The van der Waals surface area contributed by atoms with Gasteiger partial charge >= 0.3 is 5.97 Å². The molecule has 4 heteroatoms. The summed E-state index contributed by atoms with van der Waals surface area (Å²) in [5, 5.41) is 3.14. The van der Waals surface area contributed by atoms with E-state index in [-0.39, 0.29) is 18.1 Å². The molecule has 4 nitrogen and oxygen atoms in total. The van der Waals surface area contributed by atoms with Crippen LogP contribution in [0.15, 0.2) is 24.3 Å². The predicted octanol–water partition coefficient (Wildman–Crippen LogP) is 2.48. The van der Waals surface area contributed by atoms with Crippen LogP contribution in [0.4, 0.5) is 0 Å². The third kappa shape index (κ3) is 3.31. The molecule has 20 heavy (non-hydrogen) atoms. The van der Waals surface area contributed by atoms with Crippen LogP contribution >= 0.6 is 0 Å². The van der Waals surface area contributed by atoms with Crippen molar-refractivity contribution in [1.82, 2.24) is 5.32 Å². The Hall–Kier alpha value is -1.55. The molecule has 0 bridgehead atoms. The number of carbonyl (C=O) groups is 1. The van der Waals surface area contributed by atoms with Gasteiger partial charge in [-0.25, -0.2) is 0 Å². The van der Waals surface area contributed by atoms with Crippen molar-refractivity contribution in [2.45, 2.75) is 44.8 Å². The van der Waals surface area contributed by atoms with Crippen molar-refractivity contribution in [2.75, 3.05) is 13.7 Å². The average molecular weight is 277 g/mol. The molecule has 1 aliphatic heterocycles. The number of esters is 1. The lowest BCUT2D eigenvalue weighted by Crippen LogP contribution is -2.31. The molecule has 0 radical (unpaired) electrons. The molecule has 1 aliphatic rings. The van der Waals surface area contributed by atoms with Crippen LogP contribution < -0.4 is 10.1 Å². The Morgan fingerprint density at radius 2 is 2.20 bits per heavy atom. The summed E-state index contributed by atoms with van der Waals surface area (Å²) in [6, 6.07) is 7.90. The zero-order chi connectivity index (χ0) is 14.5. The van der Waals surface area contributed by atoms with Gasteiger partial charge in [0.05, 0.1) is 7.11 Å². The van der Waals surface area contributed by atoms with Gasteiger partial charge in [0.1, 0.15) is 17.9 Å². The van der Waals surface area contributed by atoms with Crippen molar-refractivity contribution >= 4 is 5.97 Å². The van der Waals surface area contributed by atoms with E-state index in [1.165, 1.54) is 12.7 Å². The van der Waals surface area contributed by atoms with Gasteiger partial charge in [0, 0.05) is 13.0 Å². The normalized spacial score (nSPS) is 23.4. The molecule has 2 rings (SSSR count). The maximum Gasteiger partial charge on any atom is 0.323 e. The van der Waals surface area contributed by atoms with E-state index in [1.54, 1.807) is 0 Å². The van der Waals surface area contributed by atoms with Gasteiger partial charge in [0.25, 0.3) is 0 Å². The average Bonchev–Trinajstić information content (AvgIpc) is 2.94. The Kier molecular flexibility index (Phi) is 5.01. The topological polar surface area (TPSA) is 47.6 Å². The standard InChI is InChI=1S/C16H23NO3/c1-4-11(2)13-7-5-6-8-15(13)20-12-9-14(17-10-12)16(18)19-3/h5-8,11-12,14,17H,4,9-10H2,1-3H3/t11-,12-,14-/m0/s1. The summed E-state index contributed by atoms with van der Waals surface area (Å²) in [5.41, 5.74) is 1.23. The zero-order valence-electron chi connectivity index (χ0n) is 12.4. The van der Waals surface area contributed by atoms with Crippen molar-refractivity contribution in [3.63, 3.8) is 0 Å². The molecular weight excluding hydrogens is 254 g/mol. The van der Waals surface area contributed by atoms with Crippen LogP contribution in [0.1, 0.15) is 38.2 Å². The maximum atomic E-state index is 11.5. The minimum Gasteiger partial charge on any atom is -0.489 e. The summed E-state index contributed by atoms with van der Waals surface area (Å²) >= 11 is 0. The summed E-state index contributed by atoms with van der Waals surface area (Å²) < 4.78 is 10.8. The van der Waals surface area contributed by atoms with Crippen LogP contribution in [-0.4, -0.2) is 31.8 Å². The first-order valence-electron chi connectivity index (χ1n) is 7.22. The van der Waals surface area contributed by atoms with Crippen LogP contribution in [0.3, 0.4) is 0 Å². The van der Waals surface area contributed by atoms with Gasteiger partial charge in [-0.15, -0.1) is 0 Å². The number of hydrogen-bond acceptors (Lipinski definition) is 4. The number of benzene rings is 1. The fourth-order valence-electron chi connectivity index (χ4n) is 2.51. The predicted molar refractivity (Wildman–Crippen MR) is 78.0 cm³/mol. The van der Waals surface area contributed by atoms with Crippen LogP contribution in [0.25, 0.3) is 0 Å². The van der Waals surface area contributed by atoms with Crippen LogP contribution in [-0.2, 0) is 9.53 Å². The van der Waals surface area contributed by atoms with E-state index in [2.05, 4.69) is 25.2 Å². The third-order valence-corrected chi connectivity index (χ3v) is 3.93. The van der Waals surface area contributed by atoms with Crippen molar-refractivity contribution in [3.05, 3.63) is 29.8 Å². The fraction of sp³-hybridized carbons (Fsp3) is 0.562. The largest absolute Gasteiger partial charge is 0.489 e. The molecule has 0 amide bonds. The van der Waals surface area contributed by atoms with Crippen molar-refractivity contribution in [1.29, 1.82) is 0 Å². The second-order valence-electron chi connectivity index (χ2n) is 5.31. The number of para-hydroxylation sites is 1. The van der Waals surface area contributed by atoms with E-state index in [4.69, 9.17) is 9.47 Å². The number of carbonyl (C=O) groups excluding carboxylic acids is 1. The van der Waals surface area contributed by atoms with Crippen LogP contribution in [0, 0.1) is 0 Å². The number of rotatable bonds is 5. The van der Waals surface area contributed by atoms with Gasteiger partial charge in [-0.2, -0.15) is 0 Å². The van der Waals surface area contributed by atoms with Crippen molar-refractivity contribution in [2.24, 2.45) is 0 Å². The first kappa shape index (κ1) is 14.9. The molecule has 0 aromatic heterocycles. The second kappa shape index (κ2) is 6.75. The Bertz CT molecular complexity index is 461. The Morgan fingerprint density at radius 1 is 1.45 bits per heavy atom. The van der Waals surface area contributed by atoms with Gasteiger partial charge in [-0.1, -0.05) is 32.0 Å². The highest BCUT2D eigenvalue weighted by Crippen LogP contribution is 2.30. The minimum absolute atomic E-state index is 0.0179. The van der Waals surface area contributed by atoms with E-state index in [9.17, 15) is 4.79 Å². The SMILES string of the molecule is CC[C@H](C)c1ccccc1O[C@@H]1CN[C@H](C(=O)OC)C1. The van der Waals surface area contributed by atoms with Gasteiger partial charge < -0.3 is 14.8 Å². The summed E-state index contributed by atoms with van der Waals surface area (Å²) in [5.74, 6) is 1.18. The molecule has 1 aromatic carbocycles. The number of ether oxygens (including phenoxy) is 2. The minimum atomic E-state index is -0.249. The lowest BCUT2D eigenvalue weighted by Gasteiger charge is -2.19. The molecule has 1 heterocycles. The smallest absolute Gasteiger partial charge is 0.323 e. The van der Waals surface area contributed by atoms with E-state index >= 15 is 0 Å². The highest BCUT2D eigenvalue weighted by atomic mass is 16.5. The summed E-state index contributed by atoms with van der Waals surface area (Å²) in [7, 11) is 1.41. The zero-order valence-corrected chi connectivity index (χ0v) is 12.4. The molecular formula is C16H23NO3. The van der Waals surface area contributed by atoms with E-state index < -0.39 is 0 Å².